The molecule has 88 valence electrons. The minimum absolute atomic E-state index is 0.231. The zero-order chi connectivity index (χ0) is 11.3. The van der Waals surface area contributed by atoms with Crippen molar-refractivity contribution >= 4 is 5.91 Å². The van der Waals surface area contributed by atoms with E-state index in [9.17, 15) is 4.79 Å². The molecule has 0 saturated carbocycles. The van der Waals surface area contributed by atoms with Crippen molar-refractivity contribution in [3.63, 3.8) is 0 Å². The third kappa shape index (κ3) is 3.80. The number of amides is 1. The Kier molecular flexibility index (Phi) is 5.05. The summed E-state index contributed by atoms with van der Waals surface area (Å²) in [7, 11) is 0. The largest absolute Gasteiger partial charge is 0.342 e. The fourth-order valence-corrected chi connectivity index (χ4v) is 2.10. The van der Waals surface area contributed by atoms with Crippen molar-refractivity contribution in [2.45, 2.75) is 32.7 Å². The Labute approximate surface area is 92.4 Å². The molecule has 1 fully saturated rings. The Morgan fingerprint density at radius 3 is 2.67 bits per heavy atom. The second kappa shape index (κ2) is 6.08. The molecule has 0 radical (unpaired) electrons. The highest BCUT2D eigenvalue weighted by Gasteiger charge is 2.20. The number of carbonyl (C=O) groups excluding carboxylic acids is 1. The van der Waals surface area contributed by atoms with Gasteiger partial charge in [0, 0.05) is 25.7 Å². The van der Waals surface area contributed by atoms with E-state index in [2.05, 4.69) is 4.90 Å². The number of hydrogen-bond acceptors (Lipinski definition) is 3. The van der Waals surface area contributed by atoms with Crippen LogP contribution in [0.15, 0.2) is 0 Å². The summed E-state index contributed by atoms with van der Waals surface area (Å²) >= 11 is 0. The fraction of sp³-hybridized carbons (Fsp3) is 0.909. The van der Waals surface area contributed by atoms with Crippen molar-refractivity contribution in [3.8, 4) is 0 Å². The van der Waals surface area contributed by atoms with Crippen LogP contribution in [0.25, 0.3) is 0 Å². The molecule has 2 N–H and O–H groups in total. The molecule has 0 spiro atoms. The molecule has 1 saturated heterocycles. The zero-order valence-corrected chi connectivity index (χ0v) is 9.91. The molecule has 0 aromatic rings. The van der Waals surface area contributed by atoms with Gasteiger partial charge in [0.05, 0.1) is 6.54 Å². The average Bonchev–Trinajstić information content (AvgIpc) is 2.19. The maximum Gasteiger partial charge on any atom is 0.236 e. The molecule has 4 heteroatoms. The van der Waals surface area contributed by atoms with Crippen LogP contribution in [0.3, 0.4) is 0 Å². The summed E-state index contributed by atoms with van der Waals surface area (Å²) in [6.07, 6.45) is 2.21. The molecule has 1 atom stereocenters. The molecule has 4 nitrogen and oxygen atoms in total. The first kappa shape index (κ1) is 12.5. The third-order valence-corrected chi connectivity index (χ3v) is 3.02. The Balaban J connectivity index is 2.36. The summed E-state index contributed by atoms with van der Waals surface area (Å²) in [5, 5.41) is 0. The van der Waals surface area contributed by atoms with Gasteiger partial charge < -0.3 is 10.6 Å². The molecular weight excluding hydrogens is 190 g/mol. The normalized spacial score (nSPS) is 22.7. The van der Waals surface area contributed by atoms with Gasteiger partial charge in [0.2, 0.25) is 5.91 Å². The quantitative estimate of drug-likeness (QED) is 0.729. The molecule has 1 amide bonds. The number of nitrogens with two attached hydrogens (primary N) is 1. The second-order valence-electron chi connectivity index (χ2n) is 4.20. The van der Waals surface area contributed by atoms with Crippen molar-refractivity contribution in [1.82, 2.24) is 9.80 Å². The summed E-state index contributed by atoms with van der Waals surface area (Å²) < 4.78 is 0. The van der Waals surface area contributed by atoms with Gasteiger partial charge in [-0.05, 0) is 33.2 Å². The van der Waals surface area contributed by atoms with Gasteiger partial charge in [-0.2, -0.15) is 0 Å². The minimum atomic E-state index is 0.231. The average molecular weight is 213 g/mol. The predicted molar refractivity (Wildman–Crippen MR) is 61.6 cm³/mol. The van der Waals surface area contributed by atoms with Crippen LogP contribution in [0.5, 0.6) is 0 Å². The zero-order valence-electron chi connectivity index (χ0n) is 9.91. The lowest BCUT2D eigenvalue weighted by Gasteiger charge is -2.31. The first-order valence-corrected chi connectivity index (χ1v) is 5.93. The van der Waals surface area contributed by atoms with E-state index in [1.54, 1.807) is 0 Å². The number of likely N-dealkylation sites (N-methyl/N-ethyl adjacent to an activating group) is 1. The van der Waals surface area contributed by atoms with Crippen LogP contribution in [-0.2, 0) is 4.79 Å². The van der Waals surface area contributed by atoms with Gasteiger partial charge in [0.15, 0.2) is 0 Å². The molecule has 1 aliphatic heterocycles. The van der Waals surface area contributed by atoms with Crippen LogP contribution >= 0.6 is 0 Å². The van der Waals surface area contributed by atoms with Crippen LogP contribution in [0, 0.1) is 0 Å². The summed E-state index contributed by atoms with van der Waals surface area (Å²) in [6.45, 7) is 8.06. The Morgan fingerprint density at radius 2 is 2.13 bits per heavy atom. The summed E-state index contributed by atoms with van der Waals surface area (Å²) in [5.41, 5.74) is 5.88. The number of carbonyl (C=O) groups is 1. The SMILES string of the molecule is CCN(CC)C(=O)CN1CCC[C@@H](N)C1. The highest BCUT2D eigenvalue weighted by molar-refractivity contribution is 5.78. The van der Waals surface area contributed by atoms with Crippen molar-refractivity contribution < 1.29 is 4.79 Å². The van der Waals surface area contributed by atoms with Crippen LogP contribution in [0.1, 0.15) is 26.7 Å². The lowest BCUT2D eigenvalue weighted by molar-refractivity contribution is -0.132. The number of nitrogens with zero attached hydrogens (tertiary/aromatic N) is 2. The van der Waals surface area contributed by atoms with E-state index >= 15 is 0 Å². The molecular formula is C11H23N3O. The lowest BCUT2D eigenvalue weighted by atomic mass is 10.1. The smallest absolute Gasteiger partial charge is 0.236 e. The van der Waals surface area contributed by atoms with Gasteiger partial charge in [-0.15, -0.1) is 0 Å². The van der Waals surface area contributed by atoms with E-state index in [0.717, 1.165) is 39.0 Å². The summed E-state index contributed by atoms with van der Waals surface area (Å²) in [5.74, 6) is 0.231. The predicted octanol–water partition coefficient (Wildman–Crippen LogP) is 0.278. The van der Waals surface area contributed by atoms with Gasteiger partial charge >= 0.3 is 0 Å². The van der Waals surface area contributed by atoms with Crippen molar-refractivity contribution in [2.24, 2.45) is 5.73 Å². The molecule has 1 aliphatic rings. The maximum atomic E-state index is 11.8. The van der Waals surface area contributed by atoms with E-state index in [-0.39, 0.29) is 11.9 Å². The van der Waals surface area contributed by atoms with E-state index in [0.29, 0.717) is 6.54 Å². The highest BCUT2D eigenvalue weighted by Crippen LogP contribution is 2.08. The molecule has 0 aromatic carbocycles. The van der Waals surface area contributed by atoms with Gasteiger partial charge in [-0.3, -0.25) is 9.69 Å². The first-order valence-electron chi connectivity index (χ1n) is 5.93. The molecule has 0 unspecified atom stereocenters. The van der Waals surface area contributed by atoms with Crippen LogP contribution in [0.2, 0.25) is 0 Å². The van der Waals surface area contributed by atoms with Crippen LogP contribution < -0.4 is 5.73 Å². The third-order valence-electron chi connectivity index (χ3n) is 3.02. The van der Waals surface area contributed by atoms with Crippen molar-refractivity contribution in [3.05, 3.63) is 0 Å². The van der Waals surface area contributed by atoms with Crippen LogP contribution in [0.4, 0.5) is 0 Å². The van der Waals surface area contributed by atoms with Gasteiger partial charge in [-0.1, -0.05) is 0 Å². The van der Waals surface area contributed by atoms with Crippen LogP contribution in [-0.4, -0.2) is 54.5 Å². The summed E-state index contributed by atoms with van der Waals surface area (Å²) in [4.78, 5) is 15.9. The van der Waals surface area contributed by atoms with Gasteiger partial charge in [-0.25, -0.2) is 0 Å². The lowest BCUT2D eigenvalue weighted by Crippen LogP contribution is -2.47. The number of likely N-dealkylation sites (tertiary alicyclic amines) is 1. The second-order valence-corrected chi connectivity index (χ2v) is 4.20. The number of piperidine rings is 1. The highest BCUT2D eigenvalue weighted by atomic mass is 16.2. The first-order chi connectivity index (χ1) is 7.17. The Hall–Kier alpha value is -0.610. The molecule has 0 aliphatic carbocycles. The Bertz CT molecular complexity index is 204. The van der Waals surface area contributed by atoms with Crippen molar-refractivity contribution in [1.29, 1.82) is 0 Å². The van der Waals surface area contributed by atoms with E-state index in [4.69, 9.17) is 5.73 Å². The topological polar surface area (TPSA) is 49.6 Å². The molecule has 1 rings (SSSR count). The molecule has 0 aromatic heterocycles. The van der Waals surface area contributed by atoms with E-state index in [1.807, 2.05) is 18.7 Å². The number of rotatable bonds is 4. The van der Waals surface area contributed by atoms with Crippen molar-refractivity contribution in [2.75, 3.05) is 32.7 Å². The van der Waals surface area contributed by atoms with Gasteiger partial charge in [0.1, 0.15) is 0 Å². The molecule has 0 bridgehead atoms. The minimum Gasteiger partial charge on any atom is -0.342 e. The van der Waals surface area contributed by atoms with Gasteiger partial charge in [0.25, 0.3) is 0 Å². The fourth-order valence-electron chi connectivity index (χ4n) is 2.10. The number of hydrogen-bond donors (Lipinski definition) is 1. The molecule has 15 heavy (non-hydrogen) atoms. The summed E-state index contributed by atoms with van der Waals surface area (Å²) in [6, 6.07) is 0.253. The van der Waals surface area contributed by atoms with E-state index < -0.39 is 0 Å². The van der Waals surface area contributed by atoms with E-state index in [1.165, 1.54) is 0 Å². The Morgan fingerprint density at radius 1 is 1.47 bits per heavy atom. The maximum absolute atomic E-state index is 11.8. The monoisotopic (exact) mass is 213 g/mol. The molecule has 1 heterocycles. The standard InChI is InChI=1S/C11H23N3O/c1-3-14(4-2)11(15)9-13-7-5-6-10(12)8-13/h10H,3-9,12H2,1-2H3/t10-/m1/s1.